The summed E-state index contributed by atoms with van der Waals surface area (Å²) in [5.41, 5.74) is 7.14. The van der Waals surface area contributed by atoms with E-state index in [0.717, 1.165) is 5.56 Å². The second-order valence-corrected chi connectivity index (χ2v) is 7.27. The molecule has 0 bridgehead atoms. The molecule has 6 nitrogen and oxygen atoms in total. The van der Waals surface area contributed by atoms with Gasteiger partial charge in [-0.3, -0.25) is 20.4 Å². The molecular weight excluding hydrogens is 380 g/mol. The fraction of sp³-hybridized carbons (Fsp3) is 0.250. The van der Waals surface area contributed by atoms with Gasteiger partial charge in [0.15, 0.2) is 5.76 Å². The van der Waals surface area contributed by atoms with Crippen molar-refractivity contribution < 1.29 is 18.7 Å². The van der Waals surface area contributed by atoms with E-state index in [1.54, 1.807) is 12.1 Å². The van der Waals surface area contributed by atoms with Gasteiger partial charge in [0.25, 0.3) is 0 Å². The number of hydrazine groups is 1. The molecule has 30 heavy (non-hydrogen) atoms. The second kappa shape index (κ2) is 10.3. The van der Waals surface area contributed by atoms with Crippen molar-refractivity contribution in [1.29, 1.82) is 0 Å². The summed E-state index contributed by atoms with van der Waals surface area (Å²) in [6, 6.07) is 20.8. The lowest BCUT2D eigenvalue weighted by atomic mass is 10.0. The van der Waals surface area contributed by atoms with Crippen molar-refractivity contribution in [2.45, 2.75) is 39.2 Å². The summed E-state index contributed by atoms with van der Waals surface area (Å²) in [5, 5.41) is 0. The maximum Gasteiger partial charge on any atom is 0.305 e. The van der Waals surface area contributed by atoms with Crippen LogP contribution < -0.4 is 15.6 Å². The van der Waals surface area contributed by atoms with E-state index in [2.05, 4.69) is 36.8 Å². The highest BCUT2D eigenvalue weighted by Crippen LogP contribution is 2.16. The van der Waals surface area contributed by atoms with Gasteiger partial charge >= 0.3 is 5.91 Å². The van der Waals surface area contributed by atoms with Crippen LogP contribution in [0.4, 0.5) is 0 Å². The standard InChI is InChI=1S/C24H26N2O4/c1-17(2)19-11-8-18(9-12-19)10-15-23(27)25-26-24(28)22-14-13-21(30-22)16-29-20-6-4-3-5-7-20/h3-9,11-14,17H,10,15-16H2,1-2H3,(H,25,27)(H,26,28). The first-order chi connectivity index (χ1) is 14.5. The van der Waals surface area contributed by atoms with Crippen LogP contribution >= 0.6 is 0 Å². The average molecular weight is 406 g/mol. The number of carbonyl (C=O) groups excluding carboxylic acids is 2. The molecule has 0 aliphatic rings. The molecule has 0 unspecified atom stereocenters. The third-order valence-corrected chi connectivity index (χ3v) is 4.61. The molecule has 0 saturated heterocycles. The van der Waals surface area contributed by atoms with Crippen LogP contribution in [-0.2, 0) is 17.8 Å². The molecule has 0 saturated carbocycles. The van der Waals surface area contributed by atoms with Crippen molar-refractivity contribution in [1.82, 2.24) is 10.9 Å². The number of hydrogen-bond acceptors (Lipinski definition) is 4. The molecule has 1 aromatic heterocycles. The van der Waals surface area contributed by atoms with Crippen LogP contribution in [0.25, 0.3) is 0 Å². The third-order valence-electron chi connectivity index (χ3n) is 4.61. The van der Waals surface area contributed by atoms with E-state index in [1.165, 1.54) is 5.56 Å². The predicted molar refractivity (Wildman–Crippen MR) is 114 cm³/mol. The summed E-state index contributed by atoms with van der Waals surface area (Å²) in [4.78, 5) is 24.2. The highest BCUT2D eigenvalue weighted by atomic mass is 16.5. The van der Waals surface area contributed by atoms with Crippen molar-refractivity contribution in [3.8, 4) is 5.75 Å². The summed E-state index contributed by atoms with van der Waals surface area (Å²) >= 11 is 0. The van der Waals surface area contributed by atoms with Gasteiger partial charge in [0, 0.05) is 6.42 Å². The summed E-state index contributed by atoms with van der Waals surface area (Å²) < 4.78 is 11.1. The molecule has 0 aliphatic carbocycles. The number of rotatable bonds is 8. The first-order valence-corrected chi connectivity index (χ1v) is 9.96. The number of amides is 2. The fourth-order valence-electron chi connectivity index (χ4n) is 2.83. The first-order valence-electron chi connectivity index (χ1n) is 9.96. The molecule has 2 amide bonds. The lowest BCUT2D eigenvalue weighted by molar-refractivity contribution is -0.121. The van der Waals surface area contributed by atoms with Crippen LogP contribution in [0.5, 0.6) is 5.75 Å². The van der Waals surface area contributed by atoms with Crippen molar-refractivity contribution in [3.05, 3.63) is 89.4 Å². The lowest BCUT2D eigenvalue weighted by Gasteiger charge is -2.08. The molecule has 0 spiro atoms. The Morgan fingerprint density at radius 1 is 0.933 bits per heavy atom. The molecular formula is C24H26N2O4. The monoisotopic (exact) mass is 406 g/mol. The van der Waals surface area contributed by atoms with Gasteiger partial charge in [-0.2, -0.15) is 0 Å². The Labute approximate surface area is 176 Å². The number of carbonyl (C=O) groups is 2. The normalized spacial score (nSPS) is 10.6. The van der Waals surface area contributed by atoms with Crippen LogP contribution in [0.1, 0.15) is 53.6 Å². The fourth-order valence-corrected chi connectivity index (χ4v) is 2.83. The van der Waals surface area contributed by atoms with Crippen LogP contribution in [0.2, 0.25) is 0 Å². The van der Waals surface area contributed by atoms with Crippen LogP contribution in [0, 0.1) is 0 Å². The largest absolute Gasteiger partial charge is 0.486 e. The minimum absolute atomic E-state index is 0.103. The van der Waals surface area contributed by atoms with E-state index in [0.29, 0.717) is 23.8 Å². The van der Waals surface area contributed by atoms with Gasteiger partial charge in [0.2, 0.25) is 5.91 Å². The molecule has 1 heterocycles. The van der Waals surface area contributed by atoms with E-state index in [4.69, 9.17) is 9.15 Å². The number of nitrogens with one attached hydrogen (secondary N) is 2. The van der Waals surface area contributed by atoms with Gasteiger partial charge in [-0.25, -0.2) is 0 Å². The van der Waals surface area contributed by atoms with Gasteiger partial charge in [-0.05, 0) is 47.7 Å². The second-order valence-electron chi connectivity index (χ2n) is 7.27. The van der Waals surface area contributed by atoms with Crippen molar-refractivity contribution in [2.24, 2.45) is 0 Å². The number of hydrogen-bond donors (Lipinski definition) is 2. The Morgan fingerprint density at radius 3 is 2.37 bits per heavy atom. The van der Waals surface area contributed by atoms with Crippen molar-refractivity contribution >= 4 is 11.8 Å². The van der Waals surface area contributed by atoms with Gasteiger partial charge in [-0.15, -0.1) is 0 Å². The van der Waals surface area contributed by atoms with E-state index in [-0.39, 0.29) is 24.7 Å². The van der Waals surface area contributed by atoms with Gasteiger partial charge in [0.1, 0.15) is 18.1 Å². The van der Waals surface area contributed by atoms with E-state index in [9.17, 15) is 9.59 Å². The molecule has 2 N–H and O–H groups in total. The Balaban J connectivity index is 1.40. The van der Waals surface area contributed by atoms with Crippen LogP contribution in [0.3, 0.4) is 0 Å². The average Bonchev–Trinajstić information content (AvgIpc) is 3.25. The number of benzene rings is 2. The quantitative estimate of drug-likeness (QED) is 0.544. The third kappa shape index (κ3) is 6.24. The zero-order valence-corrected chi connectivity index (χ0v) is 17.2. The summed E-state index contributed by atoms with van der Waals surface area (Å²) in [6.45, 7) is 4.49. The highest BCUT2D eigenvalue weighted by molar-refractivity contribution is 5.92. The van der Waals surface area contributed by atoms with E-state index >= 15 is 0 Å². The van der Waals surface area contributed by atoms with Gasteiger partial charge < -0.3 is 9.15 Å². The number of ether oxygens (including phenoxy) is 1. The summed E-state index contributed by atoms with van der Waals surface area (Å²) in [5.74, 6) is 1.02. The number of para-hydroxylation sites is 1. The predicted octanol–water partition coefficient (Wildman–Crippen LogP) is 4.38. The van der Waals surface area contributed by atoms with Gasteiger partial charge in [0.05, 0.1) is 0 Å². The molecule has 3 aromatic rings. The molecule has 0 aliphatic heterocycles. The molecule has 0 fully saturated rings. The number of aryl methyl sites for hydroxylation is 1. The van der Waals surface area contributed by atoms with E-state index in [1.807, 2.05) is 42.5 Å². The Hall–Kier alpha value is -3.54. The Morgan fingerprint density at radius 2 is 1.67 bits per heavy atom. The minimum Gasteiger partial charge on any atom is -0.486 e. The molecule has 3 rings (SSSR count). The SMILES string of the molecule is CC(C)c1ccc(CCC(=O)NNC(=O)c2ccc(COc3ccccc3)o2)cc1. The van der Waals surface area contributed by atoms with Crippen LogP contribution in [0.15, 0.2) is 71.1 Å². The zero-order chi connectivity index (χ0) is 21.3. The molecule has 156 valence electrons. The molecule has 0 atom stereocenters. The maximum absolute atomic E-state index is 12.2. The summed E-state index contributed by atoms with van der Waals surface area (Å²) in [6.07, 6.45) is 0.872. The van der Waals surface area contributed by atoms with Crippen LogP contribution in [-0.4, -0.2) is 11.8 Å². The van der Waals surface area contributed by atoms with E-state index < -0.39 is 5.91 Å². The number of furan rings is 1. The molecule has 6 heteroatoms. The maximum atomic E-state index is 12.2. The van der Waals surface area contributed by atoms with Gasteiger partial charge in [-0.1, -0.05) is 56.3 Å². The smallest absolute Gasteiger partial charge is 0.305 e. The molecule has 2 aromatic carbocycles. The Bertz CT molecular complexity index is 962. The minimum atomic E-state index is -0.518. The highest BCUT2D eigenvalue weighted by Gasteiger charge is 2.13. The lowest BCUT2D eigenvalue weighted by Crippen LogP contribution is -2.41. The molecule has 0 radical (unpaired) electrons. The topological polar surface area (TPSA) is 80.6 Å². The zero-order valence-electron chi connectivity index (χ0n) is 17.2. The van der Waals surface area contributed by atoms with Crippen molar-refractivity contribution in [2.75, 3.05) is 0 Å². The summed E-state index contributed by atoms with van der Waals surface area (Å²) in [7, 11) is 0. The van der Waals surface area contributed by atoms with Crippen molar-refractivity contribution in [3.63, 3.8) is 0 Å². The Kier molecular flexibility index (Phi) is 7.27. The first kappa shape index (κ1) is 21.2.